The highest BCUT2D eigenvalue weighted by atomic mass is 79.9. The predicted molar refractivity (Wildman–Crippen MR) is 77.6 cm³/mol. The molecule has 0 unspecified atom stereocenters. The van der Waals surface area contributed by atoms with Gasteiger partial charge in [-0.05, 0) is 29.5 Å². The molecule has 0 spiro atoms. The number of carbonyl (C=O) groups excluding carboxylic acids is 1. The Bertz CT molecular complexity index is 479. The summed E-state index contributed by atoms with van der Waals surface area (Å²) in [4.78, 5) is 14.3. The van der Waals surface area contributed by atoms with E-state index in [1.54, 1.807) is 0 Å². The maximum atomic E-state index is 12.5. The number of amides is 1. The molecule has 1 amide bonds. The molecule has 0 saturated carbocycles. The molecule has 1 atom stereocenters. The van der Waals surface area contributed by atoms with Crippen LogP contribution in [0.5, 0.6) is 0 Å². The Morgan fingerprint density at radius 2 is 2.11 bits per heavy atom. The molecule has 1 aromatic carbocycles. The Hall–Kier alpha value is -0.870. The van der Waals surface area contributed by atoms with E-state index < -0.39 is 6.04 Å². The molecule has 0 fully saturated rings. The molecule has 2 rings (SSSR count). The number of halogens is 1. The number of hydrogen-bond acceptors (Lipinski definition) is 2. The minimum atomic E-state index is -0.470. The SMILES string of the molecule is CC(C)(C)[C@H](N)C(=O)N1CCc2ccc(Br)cc21. The first-order valence-corrected chi connectivity index (χ1v) is 6.95. The van der Waals surface area contributed by atoms with Crippen LogP contribution in [0.2, 0.25) is 0 Å². The third kappa shape index (κ3) is 2.45. The van der Waals surface area contributed by atoms with Gasteiger partial charge in [-0.25, -0.2) is 0 Å². The third-order valence-electron chi connectivity index (χ3n) is 3.41. The maximum absolute atomic E-state index is 12.5. The second-order valence-corrected chi connectivity index (χ2v) is 6.77. The fraction of sp³-hybridized carbons (Fsp3) is 0.500. The molecule has 0 aromatic heterocycles. The zero-order valence-corrected chi connectivity index (χ0v) is 12.6. The van der Waals surface area contributed by atoms with Gasteiger partial charge in [0.05, 0.1) is 6.04 Å². The molecular formula is C14H19BrN2O. The van der Waals surface area contributed by atoms with Crippen LogP contribution < -0.4 is 10.6 Å². The van der Waals surface area contributed by atoms with E-state index in [9.17, 15) is 4.79 Å². The summed E-state index contributed by atoms with van der Waals surface area (Å²) >= 11 is 3.45. The van der Waals surface area contributed by atoms with Crippen molar-refractivity contribution in [2.45, 2.75) is 33.2 Å². The van der Waals surface area contributed by atoms with Gasteiger partial charge in [0, 0.05) is 16.7 Å². The van der Waals surface area contributed by atoms with Gasteiger partial charge < -0.3 is 10.6 Å². The molecular weight excluding hydrogens is 292 g/mol. The standard InChI is InChI=1S/C14H19BrN2O/c1-14(2,3)12(16)13(18)17-7-6-9-4-5-10(15)8-11(9)17/h4-5,8,12H,6-7,16H2,1-3H3/t12-/m1/s1. The van der Waals surface area contributed by atoms with Gasteiger partial charge >= 0.3 is 0 Å². The first-order valence-electron chi connectivity index (χ1n) is 6.16. The zero-order valence-electron chi connectivity index (χ0n) is 11.0. The van der Waals surface area contributed by atoms with Gasteiger partial charge in [0.15, 0.2) is 0 Å². The van der Waals surface area contributed by atoms with Crippen LogP contribution in [0.25, 0.3) is 0 Å². The summed E-state index contributed by atoms with van der Waals surface area (Å²) in [5, 5.41) is 0. The Labute approximate surface area is 116 Å². The van der Waals surface area contributed by atoms with E-state index in [1.165, 1.54) is 5.56 Å². The molecule has 2 N–H and O–H groups in total. The zero-order chi connectivity index (χ0) is 13.5. The highest BCUT2D eigenvalue weighted by Crippen LogP contribution is 2.32. The van der Waals surface area contributed by atoms with Crippen molar-refractivity contribution in [2.24, 2.45) is 11.1 Å². The van der Waals surface area contributed by atoms with E-state index in [4.69, 9.17) is 5.73 Å². The normalized spacial score (nSPS) is 16.6. The molecule has 0 bridgehead atoms. The van der Waals surface area contributed by atoms with E-state index in [-0.39, 0.29) is 11.3 Å². The summed E-state index contributed by atoms with van der Waals surface area (Å²) in [5.41, 5.74) is 8.06. The summed E-state index contributed by atoms with van der Waals surface area (Å²) < 4.78 is 0.991. The number of nitrogens with two attached hydrogens (primary N) is 1. The largest absolute Gasteiger partial charge is 0.319 e. The lowest BCUT2D eigenvalue weighted by molar-refractivity contribution is -0.121. The second-order valence-electron chi connectivity index (χ2n) is 5.86. The topological polar surface area (TPSA) is 46.3 Å². The first kappa shape index (κ1) is 13.6. The van der Waals surface area contributed by atoms with Crippen molar-refractivity contribution in [3.8, 4) is 0 Å². The van der Waals surface area contributed by atoms with Crippen LogP contribution in [0.4, 0.5) is 5.69 Å². The van der Waals surface area contributed by atoms with Crippen LogP contribution in [0.15, 0.2) is 22.7 Å². The number of hydrogen-bond donors (Lipinski definition) is 1. The molecule has 98 valence electrons. The molecule has 3 nitrogen and oxygen atoms in total. The van der Waals surface area contributed by atoms with Crippen molar-refractivity contribution in [1.29, 1.82) is 0 Å². The fourth-order valence-electron chi connectivity index (χ4n) is 2.12. The quantitative estimate of drug-likeness (QED) is 0.867. The minimum Gasteiger partial charge on any atom is -0.319 e. The molecule has 1 heterocycles. The molecule has 0 saturated heterocycles. The predicted octanol–water partition coefficient (Wildman–Crippen LogP) is 2.71. The van der Waals surface area contributed by atoms with Crippen LogP contribution in [-0.2, 0) is 11.2 Å². The lowest BCUT2D eigenvalue weighted by Crippen LogP contribution is -2.50. The Morgan fingerprint density at radius 1 is 1.44 bits per heavy atom. The van der Waals surface area contributed by atoms with Crippen molar-refractivity contribution < 1.29 is 4.79 Å². The van der Waals surface area contributed by atoms with Crippen molar-refractivity contribution in [2.75, 3.05) is 11.4 Å². The van der Waals surface area contributed by atoms with Crippen molar-refractivity contribution >= 4 is 27.5 Å². The highest BCUT2D eigenvalue weighted by molar-refractivity contribution is 9.10. The first-order chi connectivity index (χ1) is 8.30. The lowest BCUT2D eigenvalue weighted by Gasteiger charge is -2.30. The maximum Gasteiger partial charge on any atom is 0.244 e. The van der Waals surface area contributed by atoms with Crippen LogP contribution >= 0.6 is 15.9 Å². The van der Waals surface area contributed by atoms with Gasteiger partial charge in [0.25, 0.3) is 0 Å². The number of benzene rings is 1. The monoisotopic (exact) mass is 310 g/mol. The average Bonchev–Trinajstić information content (AvgIpc) is 2.68. The van der Waals surface area contributed by atoms with E-state index in [0.717, 1.165) is 23.1 Å². The van der Waals surface area contributed by atoms with Gasteiger partial charge in [-0.2, -0.15) is 0 Å². The summed E-state index contributed by atoms with van der Waals surface area (Å²) in [5.74, 6) is 0.0133. The smallest absolute Gasteiger partial charge is 0.244 e. The van der Waals surface area contributed by atoms with Crippen LogP contribution in [0.1, 0.15) is 26.3 Å². The van der Waals surface area contributed by atoms with Crippen LogP contribution in [0.3, 0.4) is 0 Å². The Morgan fingerprint density at radius 3 is 2.72 bits per heavy atom. The van der Waals surface area contributed by atoms with Crippen molar-refractivity contribution in [1.82, 2.24) is 0 Å². The van der Waals surface area contributed by atoms with Gasteiger partial charge in [-0.15, -0.1) is 0 Å². The van der Waals surface area contributed by atoms with Crippen molar-refractivity contribution in [3.63, 3.8) is 0 Å². The second kappa shape index (κ2) is 4.67. The van der Waals surface area contributed by atoms with Gasteiger partial charge in [-0.1, -0.05) is 42.8 Å². The third-order valence-corrected chi connectivity index (χ3v) is 3.90. The summed E-state index contributed by atoms with van der Waals surface area (Å²) in [7, 11) is 0. The molecule has 0 radical (unpaired) electrons. The minimum absolute atomic E-state index is 0.0133. The summed E-state index contributed by atoms with van der Waals surface area (Å²) in [6.07, 6.45) is 0.908. The number of carbonyl (C=O) groups is 1. The summed E-state index contributed by atoms with van der Waals surface area (Å²) in [6.45, 7) is 6.71. The number of anilines is 1. The summed E-state index contributed by atoms with van der Waals surface area (Å²) in [6, 6.07) is 5.60. The molecule has 18 heavy (non-hydrogen) atoms. The van der Waals surface area contributed by atoms with E-state index in [1.807, 2.05) is 37.8 Å². The fourth-order valence-corrected chi connectivity index (χ4v) is 2.47. The molecule has 1 aromatic rings. The average molecular weight is 311 g/mol. The highest BCUT2D eigenvalue weighted by Gasteiger charge is 2.34. The van der Waals surface area contributed by atoms with E-state index in [2.05, 4.69) is 22.0 Å². The van der Waals surface area contributed by atoms with Crippen LogP contribution in [-0.4, -0.2) is 18.5 Å². The number of fused-ring (bicyclic) bond motifs is 1. The number of rotatable bonds is 1. The Balaban J connectivity index is 2.28. The van der Waals surface area contributed by atoms with Crippen molar-refractivity contribution in [3.05, 3.63) is 28.2 Å². The Kier molecular flexibility index (Phi) is 3.52. The van der Waals surface area contributed by atoms with E-state index >= 15 is 0 Å². The van der Waals surface area contributed by atoms with Gasteiger partial charge in [0.2, 0.25) is 5.91 Å². The molecule has 1 aliphatic rings. The number of nitrogens with zero attached hydrogens (tertiary/aromatic N) is 1. The molecule has 0 aliphatic carbocycles. The molecule has 1 aliphatic heterocycles. The van der Waals surface area contributed by atoms with Crippen LogP contribution in [0, 0.1) is 5.41 Å². The van der Waals surface area contributed by atoms with Gasteiger partial charge in [0.1, 0.15) is 0 Å². The van der Waals surface area contributed by atoms with E-state index in [0.29, 0.717) is 0 Å². The lowest BCUT2D eigenvalue weighted by atomic mass is 9.86. The van der Waals surface area contributed by atoms with Gasteiger partial charge in [-0.3, -0.25) is 4.79 Å². The molecule has 4 heteroatoms.